The van der Waals surface area contributed by atoms with Crippen LogP contribution in [0.3, 0.4) is 0 Å². The van der Waals surface area contributed by atoms with Crippen LogP contribution < -0.4 is 4.74 Å². The van der Waals surface area contributed by atoms with E-state index in [9.17, 15) is 8.78 Å². The molecule has 2 unspecified atom stereocenters. The zero-order valence-electron chi connectivity index (χ0n) is 10.9. The van der Waals surface area contributed by atoms with Gasteiger partial charge in [-0.05, 0) is 24.6 Å². The fraction of sp³-hybridized carbons (Fsp3) is 0.250. The Morgan fingerprint density at radius 3 is 2.75 bits per heavy atom. The van der Waals surface area contributed by atoms with Gasteiger partial charge in [-0.2, -0.15) is 0 Å². The first-order valence-corrected chi connectivity index (χ1v) is 6.83. The predicted octanol–water partition coefficient (Wildman–Crippen LogP) is 4.73. The van der Waals surface area contributed by atoms with Gasteiger partial charge in [-0.15, -0.1) is 11.6 Å². The van der Waals surface area contributed by atoms with Gasteiger partial charge in [0.2, 0.25) is 0 Å². The van der Waals surface area contributed by atoms with Crippen molar-refractivity contribution in [3.8, 4) is 5.75 Å². The molecule has 0 bridgehead atoms. The molecule has 0 aliphatic carbocycles. The van der Waals surface area contributed by atoms with Crippen LogP contribution in [0, 0.1) is 18.6 Å². The standard InChI is InChI=1S/C16H13ClF2O/c1-9-6-11(14(19)7-13(9)18)16(17)12-8-20-15-5-3-2-4-10(12)15/h2-7,12,16H,8H2,1H3. The van der Waals surface area contributed by atoms with Crippen LogP contribution in [0.5, 0.6) is 5.75 Å². The van der Waals surface area contributed by atoms with E-state index in [4.69, 9.17) is 16.3 Å². The Hall–Kier alpha value is -1.61. The van der Waals surface area contributed by atoms with Crippen LogP contribution >= 0.6 is 11.6 Å². The van der Waals surface area contributed by atoms with Crippen LogP contribution in [0.1, 0.15) is 28.0 Å². The van der Waals surface area contributed by atoms with Crippen LogP contribution in [-0.2, 0) is 0 Å². The predicted molar refractivity (Wildman–Crippen MR) is 74.4 cm³/mol. The van der Waals surface area contributed by atoms with Crippen LogP contribution in [0.25, 0.3) is 0 Å². The number of halogens is 3. The molecule has 2 atom stereocenters. The van der Waals surface area contributed by atoms with Gasteiger partial charge in [-0.25, -0.2) is 8.78 Å². The number of alkyl halides is 1. The second-order valence-corrected chi connectivity index (χ2v) is 5.45. The summed E-state index contributed by atoms with van der Waals surface area (Å²) in [6.45, 7) is 2.00. The van der Waals surface area contributed by atoms with E-state index in [1.54, 1.807) is 6.92 Å². The van der Waals surface area contributed by atoms with E-state index in [1.807, 2.05) is 24.3 Å². The molecule has 20 heavy (non-hydrogen) atoms. The van der Waals surface area contributed by atoms with Crippen LogP contribution in [-0.4, -0.2) is 6.61 Å². The highest BCUT2D eigenvalue weighted by Gasteiger charge is 2.32. The second kappa shape index (κ2) is 5.06. The summed E-state index contributed by atoms with van der Waals surface area (Å²) in [7, 11) is 0. The van der Waals surface area contributed by atoms with Crippen molar-refractivity contribution in [3.05, 3.63) is 64.7 Å². The van der Waals surface area contributed by atoms with Gasteiger partial charge in [0.05, 0.1) is 12.0 Å². The van der Waals surface area contributed by atoms with Crippen molar-refractivity contribution in [2.24, 2.45) is 0 Å². The molecule has 3 rings (SSSR count). The molecule has 0 spiro atoms. The molecule has 0 aromatic heterocycles. The molecule has 0 saturated carbocycles. The average Bonchev–Trinajstić information content (AvgIpc) is 2.86. The summed E-state index contributed by atoms with van der Waals surface area (Å²) in [6.07, 6.45) is 0. The van der Waals surface area contributed by atoms with E-state index in [0.29, 0.717) is 17.7 Å². The van der Waals surface area contributed by atoms with Gasteiger partial charge in [0, 0.05) is 23.1 Å². The van der Waals surface area contributed by atoms with E-state index in [1.165, 1.54) is 6.07 Å². The molecule has 1 heterocycles. The molecule has 0 amide bonds. The van der Waals surface area contributed by atoms with Gasteiger partial charge in [0.25, 0.3) is 0 Å². The van der Waals surface area contributed by atoms with E-state index in [-0.39, 0.29) is 5.92 Å². The molecule has 0 fully saturated rings. The first-order valence-electron chi connectivity index (χ1n) is 6.39. The summed E-state index contributed by atoms with van der Waals surface area (Å²) in [5.41, 5.74) is 1.67. The number of rotatable bonds is 2. The molecule has 4 heteroatoms. The molecule has 104 valence electrons. The summed E-state index contributed by atoms with van der Waals surface area (Å²) >= 11 is 6.43. The summed E-state index contributed by atoms with van der Waals surface area (Å²) < 4.78 is 32.8. The molecule has 0 saturated heterocycles. The number of ether oxygens (including phenoxy) is 1. The third-order valence-corrected chi connectivity index (χ3v) is 4.20. The lowest BCUT2D eigenvalue weighted by molar-refractivity contribution is 0.327. The molecule has 2 aromatic rings. The lowest BCUT2D eigenvalue weighted by atomic mass is 9.92. The quantitative estimate of drug-likeness (QED) is 0.728. The maximum absolute atomic E-state index is 13.9. The maximum atomic E-state index is 13.9. The van der Waals surface area contributed by atoms with Crippen LogP contribution in [0.15, 0.2) is 36.4 Å². The Morgan fingerprint density at radius 1 is 1.20 bits per heavy atom. The van der Waals surface area contributed by atoms with E-state index in [2.05, 4.69) is 0 Å². The summed E-state index contributed by atoms with van der Waals surface area (Å²) in [5, 5.41) is -0.585. The lowest BCUT2D eigenvalue weighted by Crippen LogP contribution is -2.10. The summed E-state index contributed by atoms with van der Waals surface area (Å²) in [5.74, 6) is -0.523. The van der Waals surface area contributed by atoms with E-state index < -0.39 is 17.0 Å². The third kappa shape index (κ3) is 2.16. The summed E-state index contributed by atoms with van der Waals surface area (Å²) in [4.78, 5) is 0. The number of hydrogen-bond donors (Lipinski definition) is 0. The van der Waals surface area contributed by atoms with Gasteiger partial charge >= 0.3 is 0 Å². The van der Waals surface area contributed by atoms with Crippen molar-refractivity contribution in [1.29, 1.82) is 0 Å². The molecule has 1 aliphatic heterocycles. The van der Waals surface area contributed by atoms with Crippen LogP contribution in [0.2, 0.25) is 0 Å². The smallest absolute Gasteiger partial charge is 0.130 e. The largest absolute Gasteiger partial charge is 0.493 e. The first kappa shape index (κ1) is 13.4. The van der Waals surface area contributed by atoms with Crippen molar-refractivity contribution < 1.29 is 13.5 Å². The Balaban J connectivity index is 1.98. The topological polar surface area (TPSA) is 9.23 Å². The van der Waals surface area contributed by atoms with Crippen molar-refractivity contribution in [3.63, 3.8) is 0 Å². The van der Waals surface area contributed by atoms with Crippen LogP contribution in [0.4, 0.5) is 8.78 Å². The minimum Gasteiger partial charge on any atom is -0.493 e. The Labute approximate surface area is 121 Å². The molecular formula is C16H13ClF2O. The molecular weight excluding hydrogens is 282 g/mol. The molecule has 2 aromatic carbocycles. The van der Waals surface area contributed by atoms with E-state index >= 15 is 0 Å². The highest BCUT2D eigenvalue weighted by atomic mass is 35.5. The fourth-order valence-corrected chi connectivity index (χ4v) is 2.91. The number of aryl methyl sites for hydroxylation is 1. The minimum absolute atomic E-state index is 0.132. The maximum Gasteiger partial charge on any atom is 0.130 e. The number of para-hydroxylation sites is 1. The molecule has 0 N–H and O–H groups in total. The summed E-state index contributed by atoms with van der Waals surface area (Å²) in [6, 6.07) is 9.94. The van der Waals surface area contributed by atoms with Crippen molar-refractivity contribution in [1.82, 2.24) is 0 Å². The third-order valence-electron chi connectivity index (χ3n) is 3.67. The van der Waals surface area contributed by atoms with Crippen molar-refractivity contribution in [2.45, 2.75) is 18.2 Å². The zero-order chi connectivity index (χ0) is 14.3. The zero-order valence-corrected chi connectivity index (χ0v) is 11.6. The Kier molecular flexibility index (Phi) is 3.38. The number of fused-ring (bicyclic) bond motifs is 1. The monoisotopic (exact) mass is 294 g/mol. The van der Waals surface area contributed by atoms with Gasteiger partial charge < -0.3 is 4.74 Å². The molecule has 1 nitrogen and oxygen atoms in total. The first-order chi connectivity index (χ1) is 9.58. The number of hydrogen-bond acceptors (Lipinski definition) is 1. The second-order valence-electron chi connectivity index (χ2n) is 4.98. The van der Waals surface area contributed by atoms with Gasteiger partial charge in [0.15, 0.2) is 0 Å². The van der Waals surface area contributed by atoms with E-state index in [0.717, 1.165) is 17.4 Å². The van der Waals surface area contributed by atoms with Gasteiger partial charge in [0.1, 0.15) is 17.4 Å². The Morgan fingerprint density at radius 2 is 1.95 bits per heavy atom. The highest BCUT2D eigenvalue weighted by molar-refractivity contribution is 6.21. The molecule has 0 radical (unpaired) electrons. The Bertz CT molecular complexity index is 657. The van der Waals surface area contributed by atoms with Crippen molar-refractivity contribution >= 4 is 11.6 Å². The fourth-order valence-electron chi connectivity index (χ4n) is 2.54. The van der Waals surface area contributed by atoms with Gasteiger partial charge in [-0.1, -0.05) is 18.2 Å². The highest BCUT2D eigenvalue weighted by Crippen LogP contribution is 2.45. The average molecular weight is 295 g/mol. The number of benzene rings is 2. The molecule has 1 aliphatic rings. The minimum atomic E-state index is -0.613. The lowest BCUT2D eigenvalue weighted by Gasteiger charge is -2.18. The van der Waals surface area contributed by atoms with Crippen molar-refractivity contribution in [2.75, 3.05) is 6.61 Å². The normalized spacial score (nSPS) is 18.5. The SMILES string of the molecule is Cc1cc(C(Cl)C2COc3ccccc32)c(F)cc1F. The van der Waals surface area contributed by atoms with Gasteiger partial charge in [-0.3, -0.25) is 0 Å².